The van der Waals surface area contributed by atoms with Gasteiger partial charge in [0.05, 0.1) is 0 Å². The van der Waals surface area contributed by atoms with Crippen molar-refractivity contribution in [2.75, 3.05) is 0 Å². The Morgan fingerprint density at radius 3 is 2.88 bits per heavy atom. The average Bonchev–Trinajstić information content (AvgIpc) is 2.63. The number of benzene rings is 1. The molecule has 0 saturated carbocycles. The van der Waals surface area contributed by atoms with E-state index < -0.39 is 0 Å². The van der Waals surface area contributed by atoms with Gasteiger partial charge in [-0.05, 0) is 31.4 Å². The van der Waals surface area contributed by atoms with Crippen molar-refractivity contribution in [3.05, 3.63) is 46.1 Å². The maximum absolute atomic E-state index is 5.56. The molecule has 0 atom stereocenters. The smallest absolute Gasteiger partial charge is 0.234 e. The molecule has 0 aliphatic carbocycles. The third kappa shape index (κ3) is 2.59. The van der Waals surface area contributed by atoms with Crippen LogP contribution in [0.5, 0.6) is 5.88 Å². The molecule has 0 aliphatic rings. The minimum atomic E-state index is 0.498. The molecule has 0 bridgehead atoms. The first-order valence-corrected chi connectivity index (χ1v) is 5.98. The standard InChI is InChI=1S/C11H11BrN2OS/c1-8-3-2-4-10(12)9(8)7-15-11-5-6-14(16)13-11/h2-6,16H,7H2,1H3. The molecule has 0 N–H and O–H groups in total. The van der Waals surface area contributed by atoms with E-state index in [0.717, 1.165) is 10.0 Å². The van der Waals surface area contributed by atoms with E-state index in [-0.39, 0.29) is 0 Å². The van der Waals surface area contributed by atoms with Gasteiger partial charge in [0.25, 0.3) is 0 Å². The number of aryl methyl sites for hydroxylation is 1. The van der Waals surface area contributed by atoms with Crippen molar-refractivity contribution in [1.29, 1.82) is 0 Å². The number of rotatable bonds is 3. The monoisotopic (exact) mass is 298 g/mol. The van der Waals surface area contributed by atoms with E-state index >= 15 is 0 Å². The molecule has 1 aromatic carbocycles. The summed E-state index contributed by atoms with van der Waals surface area (Å²) in [5.74, 6) is 0.574. The van der Waals surface area contributed by atoms with Gasteiger partial charge in [0.2, 0.25) is 5.88 Å². The molecule has 16 heavy (non-hydrogen) atoms. The number of aromatic nitrogens is 2. The Morgan fingerprint density at radius 2 is 2.25 bits per heavy atom. The Bertz CT molecular complexity index is 478. The highest BCUT2D eigenvalue weighted by Gasteiger charge is 2.05. The van der Waals surface area contributed by atoms with Crippen LogP contribution in [0.3, 0.4) is 0 Å². The van der Waals surface area contributed by atoms with Gasteiger partial charge in [-0.25, -0.2) is 4.09 Å². The lowest BCUT2D eigenvalue weighted by Crippen LogP contribution is -1.99. The van der Waals surface area contributed by atoms with Gasteiger partial charge in [0, 0.05) is 22.3 Å². The predicted molar refractivity (Wildman–Crippen MR) is 69.8 cm³/mol. The van der Waals surface area contributed by atoms with Crippen molar-refractivity contribution in [2.24, 2.45) is 0 Å². The van der Waals surface area contributed by atoms with Gasteiger partial charge in [-0.1, -0.05) is 28.1 Å². The molecule has 0 unspecified atom stereocenters. The fourth-order valence-corrected chi connectivity index (χ4v) is 2.11. The maximum Gasteiger partial charge on any atom is 0.234 e. The molecular formula is C11H11BrN2OS. The SMILES string of the molecule is Cc1cccc(Br)c1COc1ccn(S)n1. The molecule has 5 heteroatoms. The Balaban J connectivity index is 2.10. The van der Waals surface area contributed by atoms with Crippen molar-refractivity contribution in [3.63, 3.8) is 0 Å². The van der Waals surface area contributed by atoms with E-state index in [1.54, 1.807) is 12.3 Å². The summed E-state index contributed by atoms with van der Waals surface area (Å²) in [6.07, 6.45) is 1.73. The summed E-state index contributed by atoms with van der Waals surface area (Å²) in [6.45, 7) is 2.55. The molecule has 0 spiro atoms. The van der Waals surface area contributed by atoms with Gasteiger partial charge in [-0.3, -0.25) is 0 Å². The molecule has 84 valence electrons. The maximum atomic E-state index is 5.56. The Morgan fingerprint density at radius 1 is 1.44 bits per heavy atom. The first kappa shape index (κ1) is 11.5. The highest BCUT2D eigenvalue weighted by Crippen LogP contribution is 2.21. The van der Waals surface area contributed by atoms with E-state index in [9.17, 15) is 0 Å². The molecule has 0 saturated heterocycles. The molecular weight excluding hydrogens is 288 g/mol. The predicted octanol–water partition coefficient (Wildman–Crippen LogP) is 3.23. The molecule has 2 rings (SSSR count). The minimum Gasteiger partial charge on any atom is -0.472 e. The van der Waals surface area contributed by atoms with Crippen LogP contribution in [-0.2, 0) is 6.61 Å². The number of halogens is 1. The molecule has 0 fully saturated rings. The first-order chi connectivity index (χ1) is 7.66. The summed E-state index contributed by atoms with van der Waals surface area (Å²) in [5, 5.41) is 4.03. The topological polar surface area (TPSA) is 27.1 Å². The number of thiol groups is 1. The van der Waals surface area contributed by atoms with Crippen molar-refractivity contribution in [1.82, 2.24) is 9.19 Å². The Kier molecular flexibility index (Phi) is 3.56. The number of hydrogen-bond donors (Lipinski definition) is 1. The fraction of sp³-hybridized carbons (Fsp3) is 0.182. The highest BCUT2D eigenvalue weighted by atomic mass is 79.9. The second-order valence-corrected chi connectivity index (χ2v) is 4.66. The number of ether oxygens (including phenoxy) is 1. The second-order valence-electron chi connectivity index (χ2n) is 3.40. The van der Waals surface area contributed by atoms with Crippen LogP contribution < -0.4 is 4.74 Å². The van der Waals surface area contributed by atoms with Gasteiger partial charge >= 0.3 is 0 Å². The van der Waals surface area contributed by atoms with Crippen molar-refractivity contribution >= 4 is 28.7 Å². The molecule has 0 radical (unpaired) electrons. The Hall–Kier alpha value is -0.940. The van der Waals surface area contributed by atoms with E-state index in [1.807, 2.05) is 12.1 Å². The normalized spacial score (nSPS) is 10.4. The average molecular weight is 299 g/mol. The third-order valence-electron chi connectivity index (χ3n) is 2.27. The van der Waals surface area contributed by atoms with Crippen LogP contribution in [0, 0.1) is 6.92 Å². The minimum absolute atomic E-state index is 0.498. The van der Waals surface area contributed by atoms with Crippen molar-refractivity contribution < 1.29 is 4.74 Å². The van der Waals surface area contributed by atoms with Crippen LogP contribution in [0.25, 0.3) is 0 Å². The summed E-state index contributed by atoms with van der Waals surface area (Å²) >= 11 is 7.55. The molecule has 0 amide bonds. The zero-order valence-electron chi connectivity index (χ0n) is 8.72. The number of hydrogen-bond acceptors (Lipinski definition) is 3. The summed E-state index contributed by atoms with van der Waals surface area (Å²) in [7, 11) is 0. The van der Waals surface area contributed by atoms with E-state index in [0.29, 0.717) is 12.5 Å². The van der Waals surface area contributed by atoms with Gasteiger partial charge in [0.1, 0.15) is 6.61 Å². The van der Waals surface area contributed by atoms with Crippen molar-refractivity contribution in [2.45, 2.75) is 13.5 Å². The zero-order valence-corrected chi connectivity index (χ0v) is 11.2. The van der Waals surface area contributed by atoms with E-state index in [1.165, 1.54) is 9.65 Å². The van der Waals surface area contributed by atoms with Crippen LogP contribution in [0.4, 0.5) is 0 Å². The summed E-state index contributed by atoms with van der Waals surface area (Å²) in [4.78, 5) is 0. The van der Waals surface area contributed by atoms with Crippen LogP contribution in [0.15, 0.2) is 34.9 Å². The van der Waals surface area contributed by atoms with Crippen molar-refractivity contribution in [3.8, 4) is 5.88 Å². The van der Waals surface area contributed by atoms with E-state index in [4.69, 9.17) is 4.74 Å². The third-order valence-corrected chi connectivity index (χ3v) is 3.23. The second kappa shape index (κ2) is 4.93. The van der Waals surface area contributed by atoms with Gasteiger partial charge in [0.15, 0.2) is 0 Å². The molecule has 1 heterocycles. The quantitative estimate of drug-likeness (QED) is 0.881. The van der Waals surface area contributed by atoms with Gasteiger partial charge < -0.3 is 4.74 Å². The summed E-state index contributed by atoms with van der Waals surface area (Å²) < 4.78 is 8.04. The lowest BCUT2D eigenvalue weighted by atomic mass is 10.1. The van der Waals surface area contributed by atoms with E-state index in [2.05, 4.69) is 46.8 Å². The number of nitrogens with zero attached hydrogens (tertiary/aromatic N) is 2. The fourth-order valence-electron chi connectivity index (χ4n) is 1.37. The first-order valence-electron chi connectivity index (χ1n) is 4.78. The van der Waals surface area contributed by atoms with Gasteiger partial charge in [-0.15, -0.1) is 5.10 Å². The molecule has 0 aliphatic heterocycles. The lowest BCUT2D eigenvalue weighted by Gasteiger charge is -2.08. The summed E-state index contributed by atoms with van der Waals surface area (Å²) in [5.41, 5.74) is 2.33. The molecule has 2 aromatic rings. The highest BCUT2D eigenvalue weighted by molar-refractivity contribution is 9.10. The zero-order chi connectivity index (χ0) is 11.5. The lowest BCUT2D eigenvalue weighted by molar-refractivity contribution is 0.291. The largest absolute Gasteiger partial charge is 0.472 e. The molecule has 3 nitrogen and oxygen atoms in total. The summed E-state index contributed by atoms with van der Waals surface area (Å²) in [6, 6.07) is 7.84. The van der Waals surface area contributed by atoms with Crippen LogP contribution in [-0.4, -0.2) is 9.19 Å². The Labute approximate surface area is 108 Å². The van der Waals surface area contributed by atoms with Gasteiger partial charge in [-0.2, -0.15) is 0 Å². The van der Waals surface area contributed by atoms with Crippen LogP contribution in [0.2, 0.25) is 0 Å². The van der Waals surface area contributed by atoms with Crippen LogP contribution >= 0.6 is 28.7 Å². The molecule has 1 aromatic heterocycles. The van der Waals surface area contributed by atoms with Crippen LogP contribution in [0.1, 0.15) is 11.1 Å².